The number of hydrogen-bond acceptors (Lipinski definition) is 6. The molecule has 4 rings (SSSR count). The lowest BCUT2D eigenvalue weighted by molar-refractivity contribution is 0.401. The molecule has 0 unspecified atom stereocenters. The van der Waals surface area contributed by atoms with Crippen LogP contribution < -0.4 is 4.90 Å². The summed E-state index contributed by atoms with van der Waals surface area (Å²) in [6.45, 7) is 1.84. The molecule has 0 spiro atoms. The molecule has 7 nitrogen and oxygen atoms in total. The predicted octanol–water partition coefficient (Wildman–Crippen LogP) is 3.82. The van der Waals surface area contributed by atoms with E-state index in [4.69, 9.17) is 0 Å². The zero-order chi connectivity index (χ0) is 21.1. The second kappa shape index (κ2) is 8.51. The Bertz CT molecular complexity index is 1080. The molecule has 30 heavy (non-hydrogen) atoms. The van der Waals surface area contributed by atoms with Gasteiger partial charge in [0, 0.05) is 42.7 Å². The number of H-pyrrole nitrogens is 1. The van der Waals surface area contributed by atoms with Crippen molar-refractivity contribution in [3.63, 3.8) is 0 Å². The summed E-state index contributed by atoms with van der Waals surface area (Å²) in [5, 5.41) is 10.4. The van der Waals surface area contributed by atoms with Crippen molar-refractivity contribution in [2.45, 2.75) is 6.42 Å². The zero-order valence-corrected chi connectivity index (χ0v) is 17.5. The number of benzene rings is 1. The summed E-state index contributed by atoms with van der Waals surface area (Å²) in [7, 11) is 6.08. The molecule has 0 fully saturated rings. The maximum absolute atomic E-state index is 10.4. The lowest BCUT2D eigenvalue weighted by Crippen LogP contribution is -2.24. The molecule has 0 aliphatic carbocycles. The molecule has 7 heteroatoms. The van der Waals surface area contributed by atoms with Gasteiger partial charge in [-0.2, -0.15) is 4.98 Å². The van der Waals surface area contributed by atoms with Crippen LogP contribution in [0, 0.1) is 0 Å². The first kappa shape index (κ1) is 19.8. The summed E-state index contributed by atoms with van der Waals surface area (Å²) >= 11 is 0. The van der Waals surface area contributed by atoms with Crippen LogP contribution in [0.3, 0.4) is 0 Å². The first-order valence-corrected chi connectivity index (χ1v) is 9.97. The molecule has 1 aromatic carbocycles. The molecule has 2 aromatic heterocycles. The largest absolute Gasteiger partial charge is 0.492 e. The summed E-state index contributed by atoms with van der Waals surface area (Å²) in [6, 6.07) is 12.2. The van der Waals surface area contributed by atoms with Crippen molar-refractivity contribution >= 4 is 29.6 Å². The third-order valence-corrected chi connectivity index (χ3v) is 5.07. The number of imidazole rings is 1. The molecule has 0 amide bonds. The van der Waals surface area contributed by atoms with E-state index >= 15 is 0 Å². The van der Waals surface area contributed by atoms with Crippen LogP contribution in [0.5, 0.6) is 5.88 Å². The lowest BCUT2D eigenvalue weighted by Gasteiger charge is -2.17. The quantitative estimate of drug-likeness (QED) is 0.628. The van der Waals surface area contributed by atoms with E-state index in [1.54, 1.807) is 6.21 Å². The maximum Gasteiger partial charge on any atom is 0.238 e. The summed E-state index contributed by atoms with van der Waals surface area (Å²) in [6.07, 6.45) is 6.48. The van der Waals surface area contributed by atoms with Crippen molar-refractivity contribution in [1.82, 2.24) is 19.9 Å². The first-order valence-electron chi connectivity index (χ1n) is 9.97. The van der Waals surface area contributed by atoms with Gasteiger partial charge in [-0.25, -0.2) is 9.98 Å². The molecule has 154 valence electrons. The highest BCUT2D eigenvalue weighted by Gasteiger charge is 2.17. The van der Waals surface area contributed by atoms with Gasteiger partial charge in [-0.3, -0.25) is 0 Å². The smallest absolute Gasteiger partial charge is 0.238 e. The monoisotopic (exact) mass is 402 g/mol. The Kier molecular flexibility index (Phi) is 5.63. The van der Waals surface area contributed by atoms with Crippen LogP contribution in [0.1, 0.15) is 17.7 Å². The minimum absolute atomic E-state index is 0.0222. The third kappa shape index (κ3) is 4.26. The molecule has 3 heterocycles. The Morgan fingerprint density at radius 3 is 2.63 bits per heavy atom. The Labute approximate surface area is 176 Å². The van der Waals surface area contributed by atoms with E-state index in [0.29, 0.717) is 17.5 Å². The van der Waals surface area contributed by atoms with E-state index in [1.807, 2.05) is 42.4 Å². The van der Waals surface area contributed by atoms with Gasteiger partial charge in [-0.1, -0.05) is 30.3 Å². The Morgan fingerprint density at radius 1 is 1.07 bits per heavy atom. The molecule has 3 aromatic rings. The van der Waals surface area contributed by atoms with Gasteiger partial charge in [0.15, 0.2) is 5.82 Å². The fraction of sp³-hybridized carbons (Fsp3) is 0.261. The molecule has 0 saturated carbocycles. The van der Waals surface area contributed by atoms with E-state index in [1.165, 1.54) is 0 Å². The molecular formula is C23H26N6O. The molecule has 0 bridgehead atoms. The zero-order valence-electron chi connectivity index (χ0n) is 17.5. The van der Waals surface area contributed by atoms with Crippen molar-refractivity contribution in [2.24, 2.45) is 4.99 Å². The number of nitrogens with zero attached hydrogens (tertiary/aromatic N) is 5. The van der Waals surface area contributed by atoms with E-state index in [-0.39, 0.29) is 5.88 Å². The molecule has 0 saturated heterocycles. The molecule has 2 N–H and O–H groups in total. The number of hydrogen-bond donors (Lipinski definition) is 2. The number of anilines is 1. The minimum Gasteiger partial charge on any atom is -0.492 e. The van der Waals surface area contributed by atoms with Crippen LogP contribution in [0.4, 0.5) is 11.8 Å². The molecule has 1 aliphatic rings. The van der Waals surface area contributed by atoms with Crippen molar-refractivity contribution in [2.75, 3.05) is 39.1 Å². The van der Waals surface area contributed by atoms with Crippen LogP contribution in [0.2, 0.25) is 0 Å². The average molecular weight is 403 g/mol. The highest BCUT2D eigenvalue weighted by Crippen LogP contribution is 2.35. The van der Waals surface area contributed by atoms with Gasteiger partial charge in [0.2, 0.25) is 11.8 Å². The normalized spacial score (nSPS) is 13.9. The SMILES string of the molecule is CN(C)CCCN(C)c1nc(O)c(C=C2C=Nc3ncc(-c4ccccc4)cc32)[nH]1. The average Bonchev–Trinajstić information content (AvgIpc) is 3.32. The number of nitrogens with one attached hydrogen (secondary N) is 1. The van der Waals surface area contributed by atoms with Crippen LogP contribution in [0.15, 0.2) is 47.6 Å². The fourth-order valence-electron chi connectivity index (χ4n) is 3.41. The van der Waals surface area contributed by atoms with Crippen molar-refractivity contribution in [3.05, 3.63) is 53.9 Å². The second-order valence-corrected chi connectivity index (χ2v) is 7.70. The predicted molar refractivity (Wildman–Crippen MR) is 122 cm³/mol. The van der Waals surface area contributed by atoms with Gasteiger partial charge in [0.1, 0.15) is 5.69 Å². The molecule has 0 radical (unpaired) electrons. The van der Waals surface area contributed by atoms with Crippen molar-refractivity contribution in [3.8, 4) is 17.0 Å². The number of aromatic nitrogens is 3. The van der Waals surface area contributed by atoms with Gasteiger partial charge in [0.25, 0.3) is 0 Å². The van der Waals surface area contributed by atoms with Gasteiger partial charge < -0.3 is 19.9 Å². The number of rotatable bonds is 7. The fourth-order valence-corrected chi connectivity index (χ4v) is 3.41. The van der Waals surface area contributed by atoms with E-state index in [9.17, 15) is 5.11 Å². The number of aromatic amines is 1. The van der Waals surface area contributed by atoms with E-state index in [0.717, 1.165) is 41.8 Å². The number of aromatic hydroxyl groups is 1. The van der Waals surface area contributed by atoms with Crippen LogP contribution in [0.25, 0.3) is 22.8 Å². The first-order chi connectivity index (χ1) is 14.5. The summed E-state index contributed by atoms with van der Waals surface area (Å²) in [5.74, 6) is 1.30. The van der Waals surface area contributed by atoms with Gasteiger partial charge in [-0.05, 0) is 44.8 Å². The second-order valence-electron chi connectivity index (χ2n) is 7.70. The Morgan fingerprint density at radius 2 is 1.87 bits per heavy atom. The van der Waals surface area contributed by atoms with Crippen molar-refractivity contribution < 1.29 is 5.11 Å². The number of pyridine rings is 1. The summed E-state index contributed by atoms with van der Waals surface area (Å²) < 4.78 is 0. The van der Waals surface area contributed by atoms with Gasteiger partial charge in [0.05, 0.1) is 0 Å². The topological polar surface area (TPSA) is 80.6 Å². The molecule has 1 aliphatic heterocycles. The lowest BCUT2D eigenvalue weighted by atomic mass is 10.0. The van der Waals surface area contributed by atoms with Gasteiger partial charge >= 0.3 is 0 Å². The van der Waals surface area contributed by atoms with Crippen LogP contribution >= 0.6 is 0 Å². The highest BCUT2D eigenvalue weighted by atomic mass is 16.3. The standard InChI is InChI=1S/C23H26N6O/c1-28(2)10-7-11-29(3)23-26-20(22(30)27-23)13-18-15-25-21-19(18)12-17(14-24-21)16-8-5-4-6-9-16/h4-6,8-9,12-15,30H,7,10-11H2,1-3H3,(H,26,27). The number of aliphatic imine (C=N–C) groups is 1. The maximum atomic E-state index is 10.4. The van der Waals surface area contributed by atoms with Crippen LogP contribution in [-0.2, 0) is 0 Å². The van der Waals surface area contributed by atoms with E-state index in [2.05, 4.69) is 57.1 Å². The Balaban J connectivity index is 1.57. The van der Waals surface area contributed by atoms with E-state index < -0.39 is 0 Å². The highest BCUT2D eigenvalue weighted by molar-refractivity contribution is 6.21. The number of allylic oxidation sites excluding steroid dienone is 1. The summed E-state index contributed by atoms with van der Waals surface area (Å²) in [4.78, 5) is 20.6. The number of fused-ring (bicyclic) bond motifs is 1. The van der Waals surface area contributed by atoms with Crippen molar-refractivity contribution in [1.29, 1.82) is 0 Å². The molecular weight excluding hydrogens is 376 g/mol. The van der Waals surface area contributed by atoms with Crippen LogP contribution in [-0.4, -0.2) is 65.4 Å². The third-order valence-electron chi connectivity index (χ3n) is 5.07. The minimum atomic E-state index is -0.0222. The summed E-state index contributed by atoms with van der Waals surface area (Å²) in [5.41, 5.74) is 4.51. The molecule has 0 atom stereocenters. The Hall–Kier alpha value is -3.45. The van der Waals surface area contributed by atoms with Gasteiger partial charge in [-0.15, -0.1) is 0 Å².